The van der Waals surface area contributed by atoms with Gasteiger partial charge < -0.3 is 9.47 Å². The molecule has 0 aliphatic heterocycles. The highest BCUT2D eigenvalue weighted by atomic mass is 35.5. The second-order valence-corrected chi connectivity index (χ2v) is 6.20. The normalized spacial score (nSPS) is 10.8. The van der Waals surface area contributed by atoms with Crippen LogP contribution < -0.4 is 9.47 Å². The van der Waals surface area contributed by atoms with Gasteiger partial charge in [-0.3, -0.25) is 0 Å². The average molecular weight is 387 g/mol. The summed E-state index contributed by atoms with van der Waals surface area (Å²) in [5.41, 5.74) is -0.354. The van der Waals surface area contributed by atoms with Crippen molar-refractivity contribution in [1.82, 2.24) is 0 Å². The maximum Gasteiger partial charge on any atom is 0.201 e. The molecule has 2 rings (SSSR count). The predicted octanol–water partition coefficient (Wildman–Crippen LogP) is 6.78. The Kier molecular flexibility index (Phi) is 7.64. The summed E-state index contributed by atoms with van der Waals surface area (Å²) >= 11 is 5.92. The van der Waals surface area contributed by atoms with Gasteiger partial charge in [0.15, 0.2) is 17.4 Å². The van der Waals surface area contributed by atoms with Crippen molar-refractivity contribution in [2.45, 2.75) is 39.5 Å². The molecule has 0 saturated heterocycles. The molecule has 0 amide bonds. The topological polar surface area (TPSA) is 18.5 Å². The van der Waals surface area contributed by atoms with Crippen molar-refractivity contribution in [3.8, 4) is 22.6 Å². The molecule has 0 aliphatic carbocycles. The molecule has 2 aromatic rings. The second-order valence-electron chi connectivity index (χ2n) is 5.82. The van der Waals surface area contributed by atoms with E-state index in [0.29, 0.717) is 13.2 Å². The van der Waals surface area contributed by atoms with Gasteiger partial charge in [-0.15, -0.1) is 0 Å². The van der Waals surface area contributed by atoms with Gasteiger partial charge in [-0.1, -0.05) is 37.8 Å². The van der Waals surface area contributed by atoms with E-state index in [-0.39, 0.29) is 27.6 Å². The van der Waals surface area contributed by atoms with E-state index in [1.54, 1.807) is 6.92 Å². The van der Waals surface area contributed by atoms with Crippen LogP contribution in [0.2, 0.25) is 5.02 Å². The van der Waals surface area contributed by atoms with Crippen molar-refractivity contribution in [2.24, 2.45) is 0 Å². The summed E-state index contributed by atoms with van der Waals surface area (Å²) in [7, 11) is 0. The van der Waals surface area contributed by atoms with Gasteiger partial charge >= 0.3 is 0 Å². The molecule has 0 aliphatic rings. The van der Waals surface area contributed by atoms with Crippen molar-refractivity contribution in [3.05, 3.63) is 46.7 Å². The standard InChI is InChI=1S/C20H22ClF3O2/c1-3-5-6-7-12-26-16-11-9-14(19(23)20(16)24)13-8-10-15(25-4-2)17(21)18(13)22/h8-11H,3-7,12H2,1-2H3. The van der Waals surface area contributed by atoms with Crippen LogP contribution >= 0.6 is 11.6 Å². The highest BCUT2D eigenvalue weighted by molar-refractivity contribution is 6.32. The van der Waals surface area contributed by atoms with Crippen LogP contribution in [0.3, 0.4) is 0 Å². The Morgan fingerprint density at radius 3 is 2.08 bits per heavy atom. The first-order valence-corrected chi connectivity index (χ1v) is 9.11. The van der Waals surface area contributed by atoms with Gasteiger partial charge in [0.1, 0.15) is 10.8 Å². The second kappa shape index (κ2) is 9.72. The van der Waals surface area contributed by atoms with E-state index in [4.69, 9.17) is 21.1 Å². The molecule has 0 N–H and O–H groups in total. The monoisotopic (exact) mass is 386 g/mol. The molecule has 0 aromatic heterocycles. The zero-order chi connectivity index (χ0) is 19.1. The van der Waals surface area contributed by atoms with Crippen LogP contribution in [-0.4, -0.2) is 13.2 Å². The van der Waals surface area contributed by atoms with Crippen molar-refractivity contribution < 1.29 is 22.6 Å². The molecule has 142 valence electrons. The van der Waals surface area contributed by atoms with E-state index < -0.39 is 17.5 Å². The van der Waals surface area contributed by atoms with Gasteiger partial charge in [0, 0.05) is 11.1 Å². The molecule has 6 heteroatoms. The summed E-state index contributed by atoms with van der Waals surface area (Å²) < 4.78 is 53.7. The molecule has 0 atom stereocenters. The van der Waals surface area contributed by atoms with Gasteiger partial charge in [-0.2, -0.15) is 4.39 Å². The van der Waals surface area contributed by atoms with Crippen LogP contribution in [-0.2, 0) is 0 Å². The molecular weight excluding hydrogens is 365 g/mol. The Bertz CT molecular complexity index is 750. The zero-order valence-electron chi connectivity index (χ0n) is 14.9. The van der Waals surface area contributed by atoms with Crippen LogP contribution in [0.4, 0.5) is 13.2 Å². The molecule has 2 aromatic carbocycles. The van der Waals surface area contributed by atoms with Crippen molar-refractivity contribution in [3.63, 3.8) is 0 Å². The van der Waals surface area contributed by atoms with E-state index >= 15 is 0 Å². The third kappa shape index (κ3) is 4.64. The van der Waals surface area contributed by atoms with E-state index in [2.05, 4.69) is 6.92 Å². The number of benzene rings is 2. The summed E-state index contributed by atoms with van der Waals surface area (Å²) in [6.07, 6.45) is 3.87. The van der Waals surface area contributed by atoms with Crippen LogP contribution in [0.1, 0.15) is 39.5 Å². The summed E-state index contributed by atoms with van der Waals surface area (Å²) in [6.45, 7) is 4.43. The summed E-state index contributed by atoms with van der Waals surface area (Å²) in [5, 5.41) is -0.264. The van der Waals surface area contributed by atoms with E-state index in [0.717, 1.165) is 25.7 Å². The van der Waals surface area contributed by atoms with Gasteiger partial charge in [-0.05, 0) is 37.6 Å². The third-order valence-electron chi connectivity index (χ3n) is 3.94. The molecule has 0 heterocycles. The molecular formula is C20H22ClF3O2. The number of unbranched alkanes of at least 4 members (excludes halogenated alkanes) is 3. The largest absolute Gasteiger partial charge is 0.492 e. The lowest BCUT2D eigenvalue weighted by Gasteiger charge is -2.13. The number of hydrogen-bond donors (Lipinski definition) is 0. The number of ether oxygens (including phenoxy) is 2. The summed E-state index contributed by atoms with van der Waals surface area (Å²) in [6, 6.07) is 5.33. The Hall–Kier alpha value is -1.88. The summed E-state index contributed by atoms with van der Waals surface area (Å²) in [4.78, 5) is 0. The van der Waals surface area contributed by atoms with Crippen LogP contribution in [0.5, 0.6) is 11.5 Å². The number of halogens is 4. The maximum absolute atomic E-state index is 14.5. The highest BCUT2D eigenvalue weighted by Crippen LogP contribution is 2.37. The lowest BCUT2D eigenvalue weighted by molar-refractivity contribution is 0.285. The first-order valence-electron chi connectivity index (χ1n) is 8.73. The molecule has 0 bridgehead atoms. The molecule has 0 radical (unpaired) electrons. The molecule has 0 spiro atoms. The fourth-order valence-corrected chi connectivity index (χ4v) is 2.79. The number of rotatable bonds is 9. The van der Waals surface area contributed by atoms with E-state index in [1.807, 2.05) is 0 Å². The van der Waals surface area contributed by atoms with Gasteiger partial charge in [0.25, 0.3) is 0 Å². The van der Waals surface area contributed by atoms with Gasteiger partial charge in [0.2, 0.25) is 5.82 Å². The smallest absolute Gasteiger partial charge is 0.201 e. The predicted molar refractivity (Wildman–Crippen MR) is 97.6 cm³/mol. The number of hydrogen-bond acceptors (Lipinski definition) is 2. The first kappa shape index (κ1) is 20.4. The Labute approximate surface area is 156 Å². The minimum atomic E-state index is -1.17. The molecule has 26 heavy (non-hydrogen) atoms. The molecule has 0 fully saturated rings. The highest BCUT2D eigenvalue weighted by Gasteiger charge is 2.21. The SMILES string of the molecule is CCCCCCOc1ccc(-c2ccc(OCC)c(Cl)c2F)c(F)c1F. The van der Waals surface area contributed by atoms with E-state index in [9.17, 15) is 13.2 Å². The van der Waals surface area contributed by atoms with Crippen LogP contribution in [0.15, 0.2) is 24.3 Å². The van der Waals surface area contributed by atoms with Crippen molar-refractivity contribution in [1.29, 1.82) is 0 Å². The van der Waals surface area contributed by atoms with Crippen LogP contribution in [0, 0.1) is 17.5 Å². The Balaban J connectivity index is 2.24. The average Bonchev–Trinajstić information content (AvgIpc) is 2.63. The van der Waals surface area contributed by atoms with Crippen molar-refractivity contribution >= 4 is 11.6 Å². The minimum absolute atomic E-state index is 0.135. The van der Waals surface area contributed by atoms with Crippen molar-refractivity contribution in [2.75, 3.05) is 13.2 Å². The third-order valence-corrected chi connectivity index (χ3v) is 4.29. The maximum atomic E-state index is 14.5. The Morgan fingerprint density at radius 1 is 0.769 bits per heavy atom. The quantitative estimate of drug-likeness (QED) is 0.442. The Morgan fingerprint density at radius 2 is 1.42 bits per heavy atom. The zero-order valence-corrected chi connectivity index (χ0v) is 15.6. The van der Waals surface area contributed by atoms with E-state index in [1.165, 1.54) is 24.3 Å². The molecule has 0 unspecified atom stereocenters. The fraction of sp³-hybridized carbons (Fsp3) is 0.400. The lowest BCUT2D eigenvalue weighted by Crippen LogP contribution is -2.02. The molecule has 2 nitrogen and oxygen atoms in total. The lowest BCUT2D eigenvalue weighted by atomic mass is 10.0. The minimum Gasteiger partial charge on any atom is -0.492 e. The molecule has 0 saturated carbocycles. The first-order chi connectivity index (χ1) is 12.5. The van der Waals surface area contributed by atoms with Gasteiger partial charge in [-0.25, -0.2) is 8.78 Å². The summed E-state index contributed by atoms with van der Waals surface area (Å²) in [5.74, 6) is -3.19. The fourth-order valence-electron chi connectivity index (χ4n) is 2.57. The van der Waals surface area contributed by atoms with Gasteiger partial charge in [0.05, 0.1) is 13.2 Å². The van der Waals surface area contributed by atoms with Crippen LogP contribution in [0.25, 0.3) is 11.1 Å².